The van der Waals surface area contributed by atoms with Gasteiger partial charge in [0.05, 0.1) is 0 Å². The van der Waals surface area contributed by atoms with Crippen LogP contribution in [0.25, 0.3) is 56.2 Å². The predicted octanol–water partition coefficient (Wildman–Crippen LogP) is 7.36. The van der Waals surface area contributed by atoms with E-state index in [0.717, 1.165) is 0 Å². The first-order valence-electron chi connectivity index (χ1n) is 9.71. The van der Waals surface area contributed by atoms with Crippen LogP contribution in [0, 0.1) is 0 Å². The first-order valence-corrected chi connectivity index (χ1v) is 12.2. The number of rotatable bonds is 1. The molecule has 0 aliphatic carbocycles. The standard InChI is InChI=1S/C26H15NSSe/c1-4-10-21-18(8-1)25-19-9-3-6-12-24(19)29-26(25)27(21)16-13-14-23-20(15-16)17-7-2-5-11-22(17)28-23/h1-15H. The molecule has 3 aromatic heterocycles. The minimum atomic E-state index is 0.316. The second-order valence-electron chi connectivity index (χ2n) is 7.41. The van der Waals surface area contributed by atoms with Crippen LogP contribution in [0.5, 0.6) is 0 Å². The molecule has 0 radical (unpaired) electrons. The number of para-hydroxylation sites is 1. The molecule has 0 bridgehead atoms. The number of nitrogens with zero attached hydrogens (tertiary/aromatic N) is 1. The van der Waals surface area contributed by atoms with Crippen molar-refractivity contribution >= 4 is 76.3 Å². The van der Waals surface area contributed by atoms with Gasteiger partial charge in [0.15, 0.2) is 0 Å². The summed E-state index contributed by atoms with van der Waals surface area (Å²) in [7, 11) is 0. The summed E-state index contributed by atoms with van der Waals surface area (Å²) >= 11 is 2.20. The van der Waals surface area contributed by atoms with Crippen molar-refractivity contribution < 1.29 is 0 Å². The Balaban J connectivity index is 1.65. The molecule has 0 spiro atoms. The Morgan fingerprint density at radius 3 is 2.28 bits per heavy atom. The van der Waals surface area contributed by atoms with Crippen molar-refractivity contribution in [3.63, 3.8) is 0 Å². The van der Waals surface area contributed by atoms with Crippen molar-refractivity contribution in [1.29, 1.82) is 0 Å². The van der Waals surface area contributed by atoms with Crippen molar-refractivity contribution in [1.82, 2.24) is 4.57 Å². The van der Waals surface area contributed by atoms with E-state index in [1.54, 1.807) is 0 Å². The summed E-state index contributed by atoms with van der Waals surface area (Å²) in [6, 6.07) is 33.5. The molecule has 0 atom stereocenters. The Morgan fingerprint density at radius 2 is 1.34 bits per heavy atom. The van der Waals surface area contributed by atoms with E-state index in [0.29, 0.717) is 14.5 Å². The summed E-state index contributed by atoms with van der Waals surface area (Å²) in [5.41, 5.74) is 2.58. The van der Waals surface area contributed by atoms with Crippen LogP contribution >= 0.6 is 11.3 Å². The van der Waals surface area contributed by atoms with E-state index in [1.807, 2.05) is 11.3 Å². The van der Waals surface area contributed by atoms with Crippen LogP contribution in [-0.4, -0.2) is 19.1 Å². The van der Waals surface area contributed by atoms with Crippen LogP contribution in [0.2, 0.25) is 0 Å². The molecule has 0 amide bonds. The van der Waals surface area contributed by atoms with E-state index < -0.39 is 0 Å². The summed E-state index contributed by atoms with van der Waals surface area (Å²) in [6.45, 7) is 0. The maximum absolute atomic E-state index is 2.51. The van der Waals surface area contributed by atoms with E-state index in [1.165, 1.54) is 56.2 Å². The van der Waals surface area contributed by atoms with E-state index in [2.05, 4.69) is 95.6 Å². The molecule has 29 heavy (non-hydrogen) atoms. The molecule has 0 fully saturated rings. The number of benzene rings is 4. The van der Waals surface area contributed by atoms with E-state index in [9.17, 15) is 0 Å². The van der Waals surface area contributed by atoms with Crippen molar-refractivity contribution in [2.45, 2.75) is 0 Å². The minimum absolute atomic E-state index is 0.316. The van der Waals surface area contributed by atoms with Crippen molar-refractivity contribution in [3.05, 3.63) is 91.0 Å². The third kappa shape index (κ3) is 2.15. The second-order valence-corrected chi connectivity index (χ2v) is 10.7. The quantitative estimate of drug-likeness (QED) is 0.229. The molecule has 7 rings (SSSR count). The van der Waals surface area contributed by atoms with Gasteiger partial charge < -0.3 is 0 Å². The summed E-state index contributed by atoms with van der Waals surface area (Å²) in [4.78, 5) is 0. The molecule has 7 aromatic rings. The van der Waals surface area contributed by atoms with Gasteiger partial charge in [0.2, 0.25) is 0 Å². The molecular formula is C26H15NSSe. The van der Waals surface area contributed by atoms with Crippen LogP contribution in [0.3, 0.4) is 0 Å². The first kappa shape index (κ1) is 16.0. The zero-order valence-electron chi connectivity index (χ0n) is 15.4. The monoisotopic (exact) mass is 453 g/mol. The molecule has 0 saturated carbocycles. The molecule has 0 aliphatic heterocycles. The fourth-order valence-corrected chi connectivity index (χ4v) is 8.26. The number of aromatic nitrogens is 1. The molecule has 0 aliphatic rings. The van der Waals surface area contributed by atoms with Gasteiger partial charge in [-0.3, -0.25) is 0 Å². The molecule has 3 heteroatoms. The molecule has 1 nitrogen and oxygen atoms in total. The van der Waals surface area contributed by atoms with Crippen molar-refractivity contribution in [2.24, 2.45) is 0 Å². The van der Waals surface area contributed by atoms with Gasteiger partial charge >= 0.3 is 178 Å². The fourth-order valence-electron chi connectivity index (χ4n) is 4.55. The zero-order valence-corrected chi connectivity index (χ0v) is 18.0. The SMILES string of the molecule is c1ccc2c(c1)sc1ccc(-n3c4ccccc4c4c5ccccc5[se]c43)cc12. The Bertz CT molecular complexity index is 1710. The summed E-state index contributed by atoms with van der Waals surface area (Å²) in [5.74, 6) is 0. The molecule has 136 valence electrons. The van der Waals surface area contributed by atoms with Gasteiger partial charge in [-0.2, -0.15) is 0 Å². The summed E-state index contributed by atoms with van der Waals surface area (Å²) in [6.07, 6.45) is 0. The van der Waals surface area contributed by atoms with Crippen LogP contribution in [-0.2, 0) is 0 Å². The molecule has 3 heterocycles. The van der Waals surface area contributed by atoms with Gasteiger partial charge in [0, 0.05) is 0 Å². The average molecular weight is 452 g/mol. The van der Waals surface area contributed by atoms with Gasteiger partial charge in [0.1, 0.15) is 0 Å². The predicted molar refractivity (Wildman–Crippen MR) is 128 cm³/mol. The van der Waals surface area contributed by atoms with Crippen LogP contribution in [0.4, 0.5) is 0 Å². The van der Waals surface area contributed by atoms with Crippen LogP contribution in [0.15, 0.2) is 91.0 Å². The van der Waals surface area contributed by atoms with E-state index in [-0.39, 0.29) is 0 Å². The molecule has 4 aromatic carbocycles. The third-order valence-electron chi connectivity index (χ3n) is 5.81. The van der Waals surface area contributed by atoms with Gasteiger partial charge in [-0.05, 0) is 0 Å². The Labute approximate surface area is 177 Å². The van der Waals surface area contributed by atoms with Gasteiger partial charge in [-0.1, -0.05) is 0 Å². The Kier molecular flexibility index (Phi) is 3.22. The zero-order chi connectivity index (χ0) is 18.9. The average Bonchev–Trinajstić information content (AvgIpc) is 3.41. The fraction of sp³-hybridized carbons (Fsp3) is 0. The molecule has 0 unspecified atom stereocenters. The third-order valence-corrected chi connectivity index (χ3v) is 9.39. The molecular weight excluding hydrogens is 437 g/mol. The topological polar surface area (TPSA) is 4.93 Å². The van der Waals surface area contributed by atoms with Gasteiger partial charge in [0.25, 0.3) is 0 Å². The summed E-state index contributed by atoms with van der Waals surface area (Å²) in [5, 5.41) is 6.93. The number of hydrogen-bond acceptors (Lipinski definition) is 1. The van der Waals surface area contributed by atoms with Crippen LogP contribution < -0.4 is 0 Å². The Hall–Kier alpha value is -2.84. The van der Waals surface area contributed by atoms with E-state index >= 15 is 0 Å². The maximum atomic E-state index is 2.51. The summed E-state index contributed by atoms with van der Waals surface area (Å²) < 4.78 is 8.19. The number of thiophene rings is 1. The Morgan fingerprint density at radius 1 is 0.621 bits per heavy atom. The van der Waals surface area contributed by atoms with Gasteiger partial charge in [-0.15, -0.1) is 0 Å². The van der Waals surface area contributed by atoms with Crippen LogP contribution in [0.1, 0.15) is 0 Å². The molecule has 0 saturated heterocycles. The first-order chi connectivity index (χ1) is 14.4. The van der Waals surface area contributed by atoms with Gasteiger partial charge in [-0.25, -0.2) is 0 Å². The van der Waals surface area contributed by atoms with Crippen molar-refractivity contribution in [2.75, 3.05) is 0 Å². The normalized spacial score (nSPS) is 12.1. The number of hydrogen-bond donors (Lipinski definition) is 0. The van der Waals surface area contributed by atoms with E-state index in [4.69, 9.17) is 0 Å². The second kappa shape index (κ2) is 5.84. The molecule has 0 N–H and O–H groups in total. The number of fused-ring (bicyclic) bond motifs is 8. The van der Waals surface area contributed by atoms with Crippen molar-refractivity contribution in [3.8, 4) is 5.69 Å².